The van der Waals surface area contributed by atoms with Crippen LogP contribution in [-0.2, 0) is 27.6 Å². The minimum absolute atomic E-state index is 0.127. The van der Waals surface area contributed by atoms with Crippen molar-refractivity contribution in [3.05, 3.63) is 83.7 Å². The van der Waals surface area contributed by atoms with Crippen LogP contribution >= 0.6 is 11.3 Å². The first-order valence-corrected chi connectivity index (χ1v) is 13.3. The van der Waals surface area contributed by atoms with E-state index in [1.54, 1.807) is 23.2 Å². The van der Waals surface area contributed by atoms with Crippen molar-refractivity contribution in [2.75, 3.05) is 11.2 Å². The Bertz CT molecular complexity index is 1380. The number of amides is 1. The van der Waals surface area contributed by atoms with Crippen LogP contribution in [0.25, 0.3) is 10.2 Å². The molecule has 0 radical (unpaired) electrons. The lowest BCUT2D eigenvalue weighted by atomic mass is 10.0. The zero-order valence-corrected chi connectivity index (χ0v) is 20.4. The summed E-state index contributed by atoms with van der Waals surface area (Å²) in [7, 11) is -3.29. The number of benzene rings is 2. The molecule has 2 heterocycles. The molecule has 0 aliphatic carbocycles. The molecule has 33 heavy (non-hydrogen) atoms. The number of carbonyl (C=O) groups excluding carboxylic acids is 1. The Hall–Kier alpha value is -3.10. The smallest absolute Gasteiger partial charge is 0.233 e. The first-order valence-electron chi connectivity index (χ1n) is 10.6. The number of rotatable bonds is 7. The van der Waals surface area contributed by atoms with Gasteiger partial charge in [0.1, 0.15) is 0 Å². The third-order valence-electron chi connectivity index (χ3n) is 5.35. The van der Waals surface area contributed by atoms with Crippen molar-refractivity contribution in [1.29, 1.82) is 0 Å². The summed E-state index contributed by atoms with van der Waals surface area (Å²) >= 11 is 1.49. The fourth-order valence-corrected chi connectivity index (χ4v) is 5.23. The maximum Gasteiger partial charge on any atom is 0.233 e. The maximum atomic E-state index is 13.4. The predicted octanol–water partition coefficient (Wildman–Crippen LogP) is 4.99. The van der Waals surface area contributed by atoms with Crippen LogP contribution in [0.3, 0.4) is 0 Å². The van der Waals surface area contributed by atoms with Gasteiger partial charge in [0, 0.05) is 12.5 Å². The minimum Gasteiger partial charge on any atom is -0.282 e. The van der Waals surface area contributed by atoms with Crippen LogP contribution in [0, 0.1) is 0 Å². The molecule has 0 saturated carbocycles. The van der Waals surface area contributed by atoms with Gasteiger partial charge in [-0.15, -0.1) is 0 Å². The standard InChI is InChI=1S/C25H25N3O3S2/c1-17(2)21-8-6-9-22-24(21)27-25(32-22)28(16-19-7-4-5-14-26-19)23(29)15-18-10-12-20(13-11-18)33(3,30)31/h4-14,17H,15-16H2,1-3H3. The third-order valence-corrected chi connectivity index (χ3v) is 7.52. The third kappa shape index (κ3) is 5.29. The summed E-state index contributed by atoms with van der Waals surface area (Å²) in [6.45, 7) is 4.56. The van der Waals surface area contributed by atoms with Gasteiger partial charge in [-0.2, -0.15) is 0 Å². The number of thiazole rings is 1. The van der Waals surface area contributed by atoms with E-state index >= 15 is 0 Å². The number of sulfone groups is 1. The number of anilines is 1. The van der Waals surface area contributed by atoms with E-state index in [0.29, 0.717) is 17.6 Å². The van der Waals surface area contributed by atoms with E-state index in [0.717, 1.165) is 27.0 Å². The Balaban J connectivity index is 1.68. The summed E-state index contributed by atoms with van der Waals surface area (Å²) in [6, 6.07) is 18.2. The van der Waals surface area contributed by atoms with Crippen molar-refractivity contribution in [3.63, 3.8) is 0 Å². The van der Waals surface area contributed by atoms with Gasteiger partial charge >= 0.3 is 0 Å². The Morgan fingerprint density at radius 3 is 2.42 bits per heavy atom. The van der Waals surface area contributed by atoms with E-state index in [1.165, 1.54) is 29.7 Å². The highest BCUT2D eigenvalue weighted by atomic mass is 32.2. The Morgan fingerprint density at radius 1 is 1.03 bits per heavy atom. The average molecular weight is 480 g/mol. The van der Waals surface area contributed by atoms with E-state index in [-0.39, 0.29) is 17.2 Å². The normalized spacial score (nSPS) is 11.8. The maximum absolute atomic E-state index is 13.4. The highest BCUT2D eigenvalue weighted by molar-refractivity contribution is 7.90. The summed E-state index contributed by atoms with van der Waals surface area (Å²) in [5.74, 6) is 0.190. The molecule has 0 aliphatic heterocycles. The number of pyridine rings is 1. The zero-order chi connectivity index (χ0) is 23.6. The molecule has 0 saturated heterocycles. The summed E-state index contributed by atoms with van der Waals surface area (Å²) in [6.07, 6.45) is 3.00. The SMILES string of the molecule is CC(C)c1cccc2sc(N(Cc3ccccn3)C(=O)Cc3ccc(S(C)(=O)=O)cc3)nc12. The van der Waals surface area contributed by atoms with Crippen molar-refractivity contribution >= 4 is 42.4 Å². The lowest BCUT2D eigenvalue weighted by molar-refractivity contribution is -0.118. The zero-order valence-electron chi connectivity index (χ0n) is 18.7. The first kappa shape index (κ1) is 23.1. The van der Waals surface area contributed by atoms with Gasteiger partial charge in [-0.25, -0.2) is 13.4 Å². The van der Waals surface area contributed by atoms with Gasteiger partial charge in [-0.05, 0) is 47.4 Å². The van der Waals surface area contributed by atoms with Crippen LogP contribution in [-0.4, -0.2) is 30.5 Å². The van der Waals surface area contributed by atoms with Crippen LogP contribution in [0.2, 0.25) is 0 Å². The van der Waals surface area contributed by atoms with Gasteiger partial charge in [0.05, 0.1) is 33.8 Å². The molecular weight excluding hydrogens is 454 g/mol. The van der Waals surface area contributed by atoms with E-state index in [9.17, 15) is 13.2 Å². The second kappa shape index (κ2) is 9.41. The van der Waals surface area contributed by atoms with Crippen molar-refractivity contribution in [1.82, 2.24) is 9.97 Å². The second-order valence-corrected chi connectivity index (χ2v) is 11.3. The van der Waals surface area contributed by atoms with E-state index in [4.69, 9.17) is 4.98 Å². The highest BCUT2D eigenvalue weighted by Gasteiger charge is 2.22. The van der Waals surface area contributed by atoms with Crippen LogP contribution in [0.15, 0.2) is 71.8 Å². The molecule has 0 N–H and O–H groups in total. The molecule has 0 fully saturated rings. The number of hydrogen-bond acceptors (Lipinski definition) is 6. The van der Waals surface area contributed by atoms with Crippen LogP contribution in [0.4, 0.5) is 5.13 Å². The molecule has 0 atom stereocenters. The minimum atomic E-state index is -3.29. The van der Waals surface area contributed by atoms with Crippen molar-refractivity contribution in [2.45, 2.75) is 37.6 Å². The first-order chi connectivity index (χ1) is 15.7. The molecule has 0 unspecified atom stereocenters. The summed E-state index contributed by atoms with van der Waals surface area (Å²) in [5, 5.41) is 0.626. The van der Waals surface area contributed by atoms with E-state index in [1.807, 2.05) is 30.3 Å². The monoisotopic (exact) mass is 479 g/mol. The molecule has 6 nitrogen and oxygen atoms in total. The molecule has 4 aromatic rings. The molecule has 0 spiro atoms. The Morgan fingerprint density at radius 2 is 1.79 bits per heavy atom. The summed E-state index contributed by atoms with van der Waals surface area (Å²) in [5.41, 5.74) is 3.57. The van der Waals surface area contributed by atoms with Gasteiger partial charge in [-0.3, -0.25) is 14.7 Å². The van der Waals surface area contributed by atoms with Gasteiger partial charge in [0.15, 0.2) is 15.0 Å². The van der Waals surface area contributed by atoms with Crippen molar-refractivity contribution < 1.29 is 13.2 Å². The average Bonchev–Trinajstić information content (AvgIpc) is 3.21. The number of carbonyl (C=O) groups is 1. The van der Waals surface area contributed by atoms with E-state index < -0.39 is 9.84 Å². The quantitative estimate of drug-likeness (QED) is 0.373. The molecule has 8 heteroatoms. The molecule has 4 rings (SSSR count). The topological polar surface area (TPSA) is 80.2 Å². The van der Waals surface area contributed by atoms with Gasteiger partial charge in [0.2, 0.25) is 5.91 Å². The van der Waals surface area contributed by atoms with Crippen LogP contribution < -0.4 is 4.90 Å². The summed E-state index contributed by atoms with van der Waals surface area (Å²) in [4.78, 5) is 24.6. The number of fused-ring (bicyclic) bond motifs is 1. The predicted molar refractivity (Wildman–Crippen MR) is 132 cm³/mol. The van der Waals surface area contributed by atoms with E-state index in [2.05, 4.69) is 24.9 Å². The molecule has 2 aromatic carbocycles. The van der Waals surface area contributed by atoms with Crippen LogP contribution in [0.5, 0.6) is 0 Å². The lowest BCUT2D eigenvalue weighted by Gasteiger charge is -2.19. The second-order valence-electron chi connectivity index (χ2n) is 8.24. The summed E-state index contributed by atoms with van der Waals surface area (Å²) < 4.78 is 24.5. The molecule has 0 aliphatic rings. The molecule has 0 bridgehead atoms. The molecular formula is C25H25N3O3S2. The fourth-order valence-electron chi connectivity index (χ4n) is 3.58. The van der Waals surface area contributed by atoms with Gasteiger partial charge < -0.3 is 0 Å². The number of nitrogens with zero attached hydrogens (tertiary/aromatic N) is 3. The highest BCUT2D eigenvalue weighted by Crippen LogP contribution is 2.34. The molecule has 170 valence electrons. The largest absolute Gasteiger partial charge is 0.282 e. The lowest BCUT2D eigenvalue weighted by Crippen LogP contribution is -2.32. The van der Waals surface area contributed by atoms with Crippen molar-refractivity contribution in [3.8, 4) is 0 Å². The number of para-hydroxylation sites is 1. The molecule has 1 amide bonds. The fraction of sp³-hybridized carbons (Fsp3) is 0.240. The van der Waals surface area contributed by atoms with Gasteiger partial charge in [-0.1, -0.05) is 55.5 Å². The van der Waals surface area contributed by atoms with Crippen LogP contribution in [0.1, 0.15) is 36.6 Å². The Labute approximate surface area is 197 Å². The number of hydrogen-bond donors (Lipinski definition) is 0. The van der Waals surface area contributed by atoms with Crippen molar-refractivity contribution in [2.24, 2.45) is 0 Å². The molecule has 2 aromatic heterocycles. The Kier molecular flexibility index (Phi) is 6.58. The number of aromatic nitrogens is 2. The van der Waals surface area contributed by atoms with Gasteiger partial charge in [0.25, 0.3) is 0 Å².